The average molecular weight is 269 g/mol. The molecular formula is C16H19N3O. The van der Waals surface area contributed by atoms with E-state index in [1.54, 1.807) is 0 Å². The van der Waals surface area contributed by atoms with Crippen molar-refractivity contribution in [3.05, 3.63) is 35.7 Å². The van der Waals surface area contributed by atoms with E-state index in [0.29, 0.717) is 5.82 Å². The third kappa shape index (κ3) is 2.46. The third-order valence-corrected chi connectivity index (χ3v) is 3.48. The Balaban J connectivity index is 2.09. The van der Waals surface area contributed by atoms with Crippen LogP contribution in [0, 0.1) is 0 Å². The van der Waals surface area contributed by atoms with Gasteiger partial charge in [0.05, 0.1) is 12.3 Å². The molecule has 0 unspecified atom stereocenters. The van der Waals surface area contributed by atoms with Crippen molar-refractivity contribution in [3.63, 3.8) is 0 Å². The van der Waals surface area contributed by atoms with Crippen LogP contribution in [0.25, 0.3) is 11.3 Å². The Morgan fingerprint density at radius 3 is 3.05 bits per heavy atom. The first-order valence-corrected chi connectivity index (χ1v) is 7.16. The number of benzene rings is 1. The lowest BCUT2D eigenvalue weighted by Gasteiger charge is -2.20. The molecule has 0 aliphatic carbocycles. The molecule has 1 aliphatic heterocycles. The summed E-state index contributed by atoms with van der Waals surface area (Å²) in [6.07, 6.45) is 3.98. The van der Waals surface area contributed by atoms with E-state index in [1.807, 2.05) is 12.1 Å². The number of nitrogens with two attached hydrogens (primary N) is 1. The van der Waals surface area contributed by atoms with Gasteiger partial charge >= 0.3 is 0 Å². The van der Waals surface area contributed by atoms with Crippen LogP contribution in [0.3, 0.4) is 0 Å². The quantitative estimate of drug-likeness (QED) is 0.930. The van der Waals surface area contributed by atoms with Gasteiger partial charge in [0, 0.05) is 18.1 Å². The minimum atomic E-state index is 0.520. The van der Waals surface area contributed by atoms with Gasteiger partial charge in [0.1, 0.15) is 17.4 Å². The van der Waals surface area contributed by atoms with Crippen LogP contribution in [0.4, 0.5) is 5.82 Å². The van der Waals surface area contributed by atoms with Crippen LogP contribution < -0.4 is 10.5 Å². The summed E-state index contributed by atoms with van der Waals surface area (Å²) in [4.78, 5) is 8.92. The van der Waals surface area contributed by atoms with Gasteiger partial charge in [-0.2, -0.15) is 0 Å². The lowest BCUT2D eigenvalue weighted by atomic mass is 10.0. The number of nitrogens with zero attached hydrogens (tertiary/aromatic N) is 2. The number of nitrogen functional groups attached to an aromatic ring is 1. The molecule has 104 valence electrons. The van der Waals surface area contributed by atoms with Crippen LogP contribution in [0.5, 0.6) is 5.75 Å². The number of hydrogen-bond donors (Lipinski definition) is 1. The SMILES string of the molecule is CCCc1nc(N)cc(-c2cccc3c2OCCC3)n1. The van der Waals surface area contributed by atoms with Crippen molar-refractivity contribution >= 4 is 5.82 Å². The van der Waals surface area contributed by atoms with Gasteiger partial charge in [0.15, 0.2) is 0 Å². The Bertz CT molecular complexity index is 625. The second-order valence-electron chi connectivity index (χ2n) is 5.09. The van der Waals surface area contributed by atoms with Crippen LogP contribution >= 0.6 is 0 Å². The number of para-hydroxylation sites is 1. The first-order chi connectivity index (χ1) is 9.78. The minimum Gasteiger partial charge on any atom is -0.493 e. The van der Waals surface area contributed by atoms with E-state index >= 15 is 0 Å². The maximum atomic E-state index is 5.91. The second-order valence-corrected chi connectivity index (χ2v) is 5.09. The van der Waals surface area contributed by atoms with Crippen molar-refractivity contribution < 1.29 is 4.74 Å². The monoisotopic (exact) mass is 269 g/mol. The van der Waals surface area contributed by atoms with Crippen LogP contribution in [-0.4, -0.2) is 16.6 Å². The highest BCUT2D eigenvalue weighted by Crippen LogP contribution is 2.35. The molecule has 3 rings (SSSR count). The first-order valence-electron chi connectivity index (χ1n) is 7.16. The molecule has 0 amide bonds. The molecule has 2 heterocycles. The Kier molecular flexibility index (Phi) is 3.54. The number of aryl methyl sites for hydroxylation is 2. The lowest BCUT2D eigenvalue weighted by molar-refractivity contribution is 0.289. The lowest BCUT2D eigenvalue weighted by Crippen LogP contribution is -2.10. The molecule has 4 nitrogen and oxygen atoms in total. The summed E-state index contributed by atoms with van der Waals surface area (Å²) in [6.45, 7) is 2.88. The average Bonchev–Trinajstić information content (AvgIpc) is 2.46. The highest BCUT2D eigenvalue weighted by Gasteiger charge is 2.17. The predicted octanol–water partition coefficient (Wildman–Crippen LogP) is 3.00. The number of fused-ring (bicyclic) bond motifs is 1. The summed E-state index contributed by atoms with van der Waals surface area (Å²) in [5, 5.41) is 0. The number of anilines is 1. The third-order valence-electron chi connectivity index (χ3n) is 3.48. The molecule has 0 saturated carbocycles. The molecule has 0 saturated heterocycles. The molecule has 0 spiro atoms. The van der Waals surface area contributed by atoms with Crippen LogP contribution in [0.2, 0.25) is 0 Å². The van der Waals surface area contributed by atoms with Crippen molar-refractivity contribution in [2.45, 2.75) is 32.6 Å². The smallest absolute Gasteiger partial charge is 0.131 e. The number of aromatic nitrogens is 2. The Labute approximate surface area is 119 Å². The van der Waals surface area contributed by atoms with Crippen LogP contribution in [-0.2, 0) is 12.8 Å². The highest BCUT2D eigenvalue weighted by molar-refractivity contribution is 5.71. The van der Waals surface area contributed by atoms with E-state index in [9.17, 15) is 0 Å². The maximum absolute atomic E-state index is 5.91. The standard InChI is InChI=1S/C16H19N3O/c1-2-5-15-18-13(10-14(17)19-15)12-8-3-6-11-7-4-9-20-16(11)12/h3,6,8,10H,2,4-5,7,9H2,1H3,(H2,17,18,19). The molecule has 2 N–H and O–H groups in total. The van der Waals surface area contributed by atoms with Crippen molar-refractivity contribution in [3.8, 4) is 17.0 Å². The molecule has 0 bridgehead atoms. The molecule has 4 heteroatoms. The number of ether oxygens (including phenoxy) is 1. The molecule has 20 heavy (non-hydrogen) atoms. The number of rotatable bonds is 3. The minimum absolute atomic E-state index is 0.520. The highest BCUT2D eigenvalue weighted by atomic mass is 16.5. The van der Waals surface area contributed by atoms with E-state index in [-0.39, 0.29) is 0 Å². The second kappa shape index (κ2) is 5.49. The molecule has 1 aromatic heterocycles. The summed E-state index contributed by atoms with van der Waals surface area (Å²) in [5.74, 6) is 2.28. The molecule has 1 aromatic carbocycles. The predicted molar refractivity (Wildman–Crippen MR) is 79.7 cm³/mol. The fourth-order valence-electron chi connectivity index (χ4n) is 2.58. The summed E-state index contributed by atoms with van der Waals surface area (Å²) < 4.78 is 5.85. The van der Waals surface area contributed by atoms with Crippen molar-refractivity contribution in [1.82, 2.24) is 9.97 Å². The summed E-state index contributed by atoms with van der Waals surface area (Å²) in [6, 6.07) is 8.05. The van der Waals surface area contributed by atoms with Gasteiger partial charge in [-0.05, 0) is 30.9 Å². The normalized spacial score (nSPS) is 13.7. The van der Waals surface area contributed by atoms with E-state index in [1.165, 1.54) is 5.56 Å². The van der Waals surface area contributed by atoms with Gasteiger partial charge in [-0.15, -0.1) is 0 Å². The van der Waals surface area contributed by atoms with Crippen molar-refractivity contribution in [2.75, 3.05) is 12.3 Å². The van der Waals surface area contributed by atoms with Gasteiger partial charge in [0.25, 0.3) is 0 Å². The first kappa shape index (κ1) is 12.9. The van der Waals surface area contributed by atoms with E-state index in [2.05, 4.69) is 29.0 Å². The maximum Gasteiger partial charge on any atom is 0.131 e. The van der Waals surface area contributed by atoms with Crippen LogP contribution in [0.15, 0.2) is 24.3 Å². The molecule has 0 fully saturated rings. The van der Waals surface area contributed by atoms with Gasteiger partial charge in [-0.1, -0.05) is 19.1 Å². The molecule has 1 aliphatic rings. The number of hydrogen-bond acceptors (Lipinski definition) is 4. The summed E-state index contributed by atoms with van der Waals surface area (Å²) in [5.41, 5.74) is 9.05. The Hall–Kier alpha value is -2.10. The molecule has 0 atom stereocenters. The molecule has 2 aromatic rings. The zero-order chi connectivity index (χ0) is 13.9. The zero-order valence-corrected chi connectivity index (χ0v) is 11.7. The van der Waals surface area contributed by atoms with E-state index in [4.69, 9.17) is 10.5 Å². The fraction of sp³-hybridized carbons (Fsp3) is 0.375. The fourth-order valence-corrected chi connectivity index (χ4v) is 2.58. The van der Waals surface area contributed by atoms with Gasteiger partial charge < -0.3 is 10.5 Å². The van der Waals surface area contributed by atoms with Gasteiger partial charge in [-0.25, -0.2) is 9.97 Å². The van der Waals surface area contributed by atoms with Crippen LogP contribution in [0.1, 0.15) is 31.2 Å². The Morgan fingerprint density at radius 1 is 1.30 bits per heavy atom. The Morgan fingerprint density at radius 2 is 2.20 bits per heavy atom. The van der Waals surface area contributed by atoms with E-state index < -0.39 is 0 Å². The summed E-state index contributed by atoms with van der Waals surface area (Å²) in [7, 11) is 0. The van der Waals surface area contributed by atoms with Gasteiger partial charge in [-0.3, -0.25) is 0 Å². The van der Waals surface area contributed by atoms with Gasteiger partial charge in [0.2, 0.25) is 0 Å². The van der Waals surface area contributed by atoms with Crippen molar-refractivity contribution in [1.29, 1.82) is 0 Å². The largest absolute Gasteiger partial charge is 0.493 e. The van der Waals surface area contributed by atoms with E-state index in [0.717, 1.165) is 55.1 Å². The van der Waals surface area contributed by atoms with Crippen molar-refractivity contribution in [2.24, 2.45) is 0 Å². The zero-order valence-electron chi connectivity index (χ0n) is 11.7. The molecule has 0 radical (unpaired) electrons. The topological polar surface area (TPSA) is 61.0 Å². The molecular weight excluding hydrogens is 250 g/mol. The summed E-state index contributed by atoms with van der Waals surface area (Å²) >= 11 is 0.